The summed E-state index contributed by atoms with van der Waals surface area (Å²) in [7, 11) is -2.15. The van der Waals surface area contributed by atoms with E-state index in [0.29, 0.717) is 12.8 Å². The van der Waals surface area contributed by atoms with Gasteiger partial charge in [-0.15, -0.1) is 0 Å². The predicted octanol–water partition coefficient (Wildman–Crippen LogP) is 4.57. The van der Waals surface area contributed by atoms with Crippen molar-refractivity contribution in [2.45, 2.75) is 75.5 Å². The normalized spacial score (nSPS) is 30.8. The lowest BCUT2D eigenvalue weighted by Crippen LogP contribution is -2.78. The summed E-state index contributed by atoms with van der Waals surface area (Å²) in [6.45, 7) is 6.50. The summed E-state index contributed by atoms with van der Waals surface area (Å²) in [6, 6.07) is 19.0. The van der Waals surface area contributed by atoms with E-state index in [2.05, 4.69) is 25.0 Å². The topological polar surface area (TPSA) is 86.4 Å². The van der Waals surface area contributed by atoms with E-state index in [1.165, 1.54) is 0 Å². The first-order valence-electron chi connectivity index (χ1n) is 12.3. The van der Waals surface area contributed by atoms with Gasteiger partial charge >= 0.3 is 12.1 Å². The minimum atomic E-state index is -2.15. The molecule has 2 aromatic carbocycles. The van der Waals surface area contributed by atoms with Crippen molar-refractivity contribution < 1.29 is 28.2 Å². The number of amides is 1. The number of alkyl carbamates (subject to hydrolysis) is 1. The Hall–Kier alpha value is -2.68. The highest BCUT2D eigenvalue weighted by Crippen LogP contribution is 2.62. The maximum atomic E-state index is 13.9. The maximum Gasteiger partial charge on any atom is 0.408 e. The smallest absolute Gasteiger partial charge is 0.408 e. The van der Waals surface area contributed by atoms with E-state index in [-0.39, 0.29) is 31.3 Å². The highest BCUT2D eigenvalue weighted by molar-refractivity contribution is 6.69. The molecule has 5 atom stereocenters. The van der Waals surface area contributed by atoms with Crippen LogP contribution in [0.3, 0.4) is 0 Å². The van der Waals surface area contributed by atoms with Crippen LogP contribution in [0.2, 0.25) is 19.6 Å². The molecular formula is C27H33NO6Si. The summed E-state index contributed by atoms with van der Waals surface area (Å²) in [4.78, 5) is 27.1. The lowest BCUT2D eigenvalue weighted by molar-refractivity contribution is -0.177. The number of nitrogens with one attached hydrogen (secondary N) is 1. The second-order valence-corrected chi connectivity index (χ2v) is 15.2. The average molecular weight is 496 g/mol. The Labute approximate surface area is 207 Å². The van der Waals surface area contributed by atoms with Crippen molar-refractivity contribution in [1.29, 1.82) is 0 Å². The lowest BCUT2D eigenvalue weighted by Gasteiger charge is -2.57. The number of epoxide rings is 1. The summed E-state index contributed by atoms with van der Waals surface area (Å²) in [5.74, 6) is -0.333. The predicted molar refractivity (Wildman–Crippen MR) is 132 cm³/mol. The van der Waals surface area contributed by atoms with E-state index < -0.39 is 31.5 Å². The molecule has 2 aromatic rings. The first-order valence-corrected chi connectivity index (χ1v) is 15.7. The quantitative estimate of drug-likeness (QED) is 0.328. The summed E-state index contributed by atoms with van der Waals surface area (Å²) >= 11 is 0. The molecule has 0 aromatic heterocycles. The highest BCUT2D eigenvalue weighted by atomic mass is 28.4. The Morgan fingerprint density at radius 1 is 0.971 bits per heavy atom. The number of carbonyl (C=O) groups excluding carboxylic acids is 2. The highest BCUT2D eigenvalue weighted by Gasteiger charge is 2.78. The average Bonchev–Trinajstić information content (AvgIpc) is 3.66. The number of esters is 1. The van der Waals surface area contributed by atoms with Gasteiger partial charge in [0.2, 0.25) is 0 Å². The third-order valence-electron chi connectivity index (χ3n) is 7.20. The zero-order valence-electron chi connectivity index (χ0n) is 20.5. The van der Waals surface area contributed by atoms with Crippen molar-refractivity contribution in [2.24, 2.45) is 5.92 Å². The number of fused-ring (bicyclic) bond motifs is 2. The number of hydrogen-bond donors (Lipinski definition) is 1. The second kappa shape index (κ2) is 9.08. The molecule has 1 amide bonds. The van der Waals surface area contributed by atoms with Crippen LogP contribution in [0.25, 0.3) is 0 Å². The fraction of sp³-hybridized carbons (Fsp3) is 0.481. The lowest BCUT2D eigenvalue weighted by atomic mass is 9.57. The number of carbonyl (C=O) groups is 2. The molecule has 3 aliphatic carbocycles. The summed E-state index contributed by atoms with van der Waals surface area (Å²) in [6.07, 6.45) is 1.10. The van der Waals surface area contributed by atoms with Crippen molar-refractivity contribution in [2.75, 3.05) is 0 Å². The molecule has 6 rings (SSSR count). The molecule has 4 fully saturated rings. The van der Waals surface area contributed by atoms with Gasteiger partial charge in [0.1, 0.15) is 24.9 Å². The van der Waals surface area contributed by atoms with Gasteiger partial charge in [0, 0.05) is 0 Å². The summed E-state index contributed by atoms with van der Waals surface area (Å²) < 4.78 is 24.3. The Balaban J connectivity index is 1.43. The zero-order chi connectivity index (χ0) is 24.7. The zero-order valence-corrected chi connectivity index (χ0v) is 21.5. The van der Waals surface area contributed by atoms with Gasteiger partial charge in [-0.3, -0.25) is 0 Å². The molecule has 4 aliphatic rings. The van der Waals surface area contributed by atoms with Crippen molar-refractivity contribution >= 4 is 20.4 Å². The third kappa shape index (κ3) is 4.62. The number of ether oxygens (including phenoxy) is 3. The number of benzene rings is 2. The molecule has 7 nitrogen and oxygen atoms in total. The molecule has 0 unspecified atom stereocenters. The van der Waals surface area contributed by atoms with Crippen molar-refractivity contribution in [3.63, 3.8) is 0 Å². The molecule has 186 valence electrons. The van der Waals surface area contributed by atoms with Crippen molar-refractivity contribution in [3.8, 4) is 0 Å². The fourth-order valence-electron chi connectivity index (χ4n) is 5.79. The van der Waals surface area contributed by atoms with Gasteiger partial charge < -0.3 is 24.0 Å². The molecule has 8 heteroatoms. The summed E-state index contributed by atoms with van der Waals surface area (Å²) in [5, 5.41) is 2.97. The van der Waals surface area contributed by atoms with Crippen LogP contribution in [0.15, 0.2) is 60.7 Å². The van der Waals surface area contributed by atoms with Crippen LogP contribution >= 0.6 is 0 Å². The molecule has 1 saturated heterocycles. The maximum absolute atomic E-state index is 13.9. The Kier molecular flexibility index (Phi) is 6.23. The molecule has 1 N–H and O–H groups in total. The molecule has 0 spiro atoms. The van der Waals surface area contributed by atoms with Gasteiger partial charge in [0.15, 0.2) is 13.9 Å². The van der Waals surface area contributed by atoms with E-state index in [1.807, 2.05) is 60.7 Å². The van der Waals surface area contributed by atoms with Crippen LogP contribution < -0.4 is 5.32 Å². The van der Waals surface area contributed by atoms with E-state index in [4.69, 9.17) is 18.6 Å². The van der Waals surface area contributed by atoms with Gasteiger partial charge in [-0.05, 0) is 55.9 Å². The molecule has 35 heavy (non-hydrogen) atoms. The van der Waals surface area contributed by atoms with Gasteiger partial charge in [-0.25, -0.2) is 9.59 Å². The molecule has 0 radical (unpaired) electrons. The summed E-state index contributed by atoms with van der Waals surface area (Å²) in [5.41, 5.74) is -0.608. The van der Waals surface area contributed by atoms with Crippen LogP contribution in [-0.4, -0.2) is 43.7 Å². The number of hydrogen-bond acceptors (Lipinski definition) is 6. The monoisotopic (exact) mass is 495 g/mol. The van der Waals surface area contributed by atoms with Gasteiger partial charge in [-0.2, -0.15) is 0 Å². The minimum absolute atomic E-state index is 0.0669. The SMILES string of the molecule is C[Si](C)(C)O[C@]12CC[C@H](C[C@@]1(NC(=O)OCc1ccccc1)C(=O)OCc1ccccc1)[C@H]1O[C@H]12. The third-order valence-corrected chi connectivity index (χ3v) is 8.18. The Bertz CT molecular complexity index is 1070. The number of rotatable bonds is 8. The van der Waals surface area contributed by atoms with Crippen LogP contribution in [0.4, 0.5) is 4.79 Å². The molecule has 2 bridgehead atoms. The van der Waals surface area contributed by atoms with Crippen LogP contribution in [0.5, 0.6) is 0 Å². The first-order chi connectivity index (χ1) is 16.7. The van der Waals surface area contributed by atoms with Crippen molar-refractivity contribution in [1.82, 2.24) is 5.32 Å². The molecular weight excluding hydrogens is 462 g/mol. The largest absolute Gasteiger partial charge is 0.459 e. The van der Waals surface area contributed by atoms with E-state index in [0.717, 1.165) is 17.5 Å². The fourth-order valence-corrected chi connectivity index (χ4v) is 7.28. The Morgan fingerprint density at radius 2 is 1.57 bits per heavy atom. The molecule has 3 saturated carbocycles. The van der Waals surface area contributed by atoms with Crippen LogP contribution in [0, 0.1) is 5.92 Å². The Morgan fingerprint density at radius 3 is 2.17 bits per heavy atom. The van der Waals surface area contributed by atoms with Crippen LogP contribution in [0.1, 0.15) is 30.4 Å². The van der Waals surface area contributed by atoms with E-state index >= 15 is 0 Å². The van der Waals surface area contributed by atoms with Gasteiger partial charge in [0.25, 0.3) is 0 Å². The van der Waals surface area contributed by atoms with Gasteiger partial charge in [0.05, 0.1) is 6.10 Å². The molecule has 1 aliphatic heterocycles. The minimum Gasteiger partial charge on any atom is -0.459 e. The van der Waals surface area contributed by atoms with Crippen molar-refractivity contribution in [3.05, 3.63) is 71.8 Å². The van der Waals surface area contributed by atoms with Gasteiger partial charge in [-0.1, -0.05) is 60.7 Å². The van der Waals surface area contributed by atoms with E-state index in [1.54, 1.807) is 0 Å². The standard InChI is InChI=1S/C27H33NO6Si/c1-35(2,3)34-27-15-14-21(22-23(27)33-22)16-26(27,24(29)31-17-19-10-6-4-7-11-19)28-25(30)32-18-20-12-8-5-9-13-20/h4-13,21-23H,14-18H2,1-3H3,(H,28,30)/t21-,22-,23-,26-,27+/m1/s1. The van der Waals surface area contributed by atoms with Crippen LogP contribution in [-0.2, 0) is 36.6 Å². The van der Waals surface area contributed by atoms with E-state index in [9.17, 15) is 9.59 Å². The second-order valence-electron chi connectivity index (χ2n) is 10.8. The molecule has 1 heterocycles. The first kappa shape index (κ1) is 24.0.